The fourth-order valence-electron chi connectivity index (χ4n) is 3.91. The summed E-state index contributed by atoms with van der Waals surface area (Å²) in [4.78, 5) is 25.3. The zero-order valence-electron chi connectivity index (χ0n) is 12.3. The van der Waals surface area contributed by atoms with Gasteiger partial charge >= 0.3 is 5.97 Å². The summed E-state index contributed by atoms with van der Waals surface area (Å²) in [5, 5.41) is 8.91. The molecule has 2 aliphatic heterocycles. The van der Waals surface area contributed by atoms with Crippen molar-refractivity contribution in [3.8, 4) is 0 Å². The molecule has 20 heavy (non-hydrogen) atoms. The highest BCUT2D eigenvalue weighted by molar-refractivity contribution is 5.78. The van der Waals surface area contributed by atoms with Crippen LogP contribution in [0, 0.1) is 5.92 Å². The van der Waals surface area contributed by atoms with Crippen LogP contribution < -0.4 is 5.73 Å². The second kappa shape index (κ2) is 6.57. The number of carboxylic acids is 1. The Hall–Kier alpha value is -1.10. The summed E-state index contributed by atoms with van der Waals surface area (Å²) < 4.78 is 0. The van der Waals surface area contributed by atoms with Crippen molar-refractivity contribution in [1.82, 2.24) is 4.90 Å². The number of hydrogen-bond acceptors (Lipinski definition) is 3. The fourth-order valence-corrected chi connectivity index (χ4v) is 3.91. The van der Waals surface area contributed by atoms with E-state index < -0.39 is 5.97 Å². The molecule has 3 N–H and O–H groups in total. The van der Waals surface area contributed by atoms with Gasteiger partial charge in [-0.2, -0.15) is 0 Å². The molecule has 3 unspecified atom stereocenters. The van der Waals surface area contributed by atoms with Crippen LogP contribution in [0.1, 0.15) is 58.3 Å². The summed E-state index contributed by atoms with van der Waals surface area (Å²) >= 11 is 0. The maximum Gasteiger partial charge on any atom is 0.303 e. The average molecular weight is 282 g/mol. The molecule has 2 rings (SSSR count). The first kappa shape index (κ1) is 15.3. The third-order valence-corrected chi connectivity index (χ3v) is 4.68. The van der Waals surface area contributed by atoms with Crippen molar-refractivity contribution in [2.45, 2.75) is 76.4 Å². The predicted octanol–water partition coefficient (Wildman–Crippen LogP) is 1.75. The van der Waals surface area contributed by atoms with E-state index in [0.29, 0.717) is 6.42 Å². The molecular weight excluding hydrogens is 256 g/mol. The van der Waals surface area contributed by atoms with Crippen LogP contribution in [0.2, 0.25) is 0 Å². The molecule has 1 amide bonds. The Bertz CT molecular complexity index is 358. The standard InChI is InChI=1S/C15H26N2O3/c1-2-3-11(16)9-14(18)17-12-4-5-13(17)7-10(6-12)8-15(19)20/h10-13H,2-9,16H2,1H3,(H,19,20). The molecule has 114 valence electrons. The highest BCUT2D eigenvalue weighted by Crippen LogP contribution is 2.40. The summed E-state index contributed by atoms with van der Waals surface area (Å²) in [6.07, 6.45) is 6.30. The number of nitrogens with zero attached hydrogens (tertiary/aromatic N) is 1. The molecule has 0 aromatic rings. The van der Waals surface area contributed by atoms with Crippen molar-refractivity contribution in [3.63, 3.8) is 0 Å². The van der Waals surface area contributed by atoms with E-state index in [-0.39, 0.29) is 36.4 Å². The molecule has 5 nitrogen and oxygen atoms in total. The van der Waals surface area contributed by atoms with E-state index in [1.165, 1.54) is 0 Å². The summed E-state index contributed by atoms with van der Waals surface area (Å²) in [6, 6.07) is 0.461. The normalized spacial score (nSPS) is 30.3. The number of piperidine rings is 1. The van der Waals surface area contributed by atoms with Crippen LogP contribution in [0.4, 0.5) is 0 Å². The molecule has 2 aliphatic rings. The van der Waals surface area contributed by atoms with Gasteiger partial charge in [-0.15, -0.1) is 0 Å². The first-order valence-electron chi connectivity index (χ1n) is 7.79. The van der Waals surface area contributed by atoms with E-state index in [2.05, 4.69) is 6.92 Å². The first-order chi connectivity index (χ1) is 9.51. The molecule has 2 fully saturated rings. The lowest BCUT2D eigenvalue weighted by molar-refractivity contribution is -0.140. The molecule has 0 saturated carbocycles. The molecule has 2 heterocycles. The summed E-state index contributed by atoms with van der Waals surface area (Å²) in [7, 11) is 0. The predicted molar refractivity (Wildman–Crippen MR) is 76.1 cm³/mol. The molecule has 0 aromatic heterocycles. The second-order valence-electron chi connectivity index (χ2n) is 6.37. The Kier molecular flexibility index (Phi) is 5.02. The van der Waals surface area contributed by atoms with E-state index in [1.807, 2.05) is 4.90 Å². The van der Waals surface area contributed by atoms with Gasteiger partial charge in [0.15, 0.2) is 0 Å². The smallest absolute Gasteiger partial charge is 0.303 e. The molecule has 0 aliphatic carbocycles. The van der Waals surface area contributed by atoms with E-state index >= 15 is 0 Å². The number of aliphatic carboxylic acids is 1. The van der Waals surface area contributed by atoms with Gasteiger partial charge in [0, 0.05) is 31.0 Å². The van der Waals surface area contributed by atoms with Gasteiger partial charge in [-0.25, -0.2) is 0 Å². The van der Waals surface area contributed by atoms with Gasteiger partial charge in [0.2, 0.25) is 5.91 Å². The number of carbonyl (C=O) groups excluding carboxylic acids is 1. The number of nitrogens with two attached hydrogens (primary N) is 1. The van der Waals surface area contributed by atoms with Gasteiger partial charge in [0.25, 0.3) is 0 Å². The number of carboxylic acid groups (broad SMARTS) is 1. The van der Waals surface area contributed by atoms with E-state index in [4.69, 9.17) is 10.8 Å². The van der Waals surface area contributed by atoms with Gasteiger partial charge in [-0.3, -0.25) is 9.59 Å². The van der Waals surface area contributed by atoms with E-state index in [9.17, 15) is 9.59 Å². The molecule has 5 heteroatoms. The van der Waals surface area contributed by atoms with E-state index in [0.717, 1.165) is 38.5 Å². The molecule has 0 spiro atoms. The highest BCUT2D eigenvalue weighted by Gasteiger charge is 2.43. The van der Waals surface area contributed by atoms with Gasteiger partial charge in [0.05, 0.1) is 0 Å². The minimum atomic E-state index is -0.723. The zero-order chi connectivity index (χ0) is 14.7. The van der Waals surface area contributed by atoms with Gasteiger partial charge in [-0.1, -0.05) is 13.3 Å². The minimum absolute atomic E-state index is 0.0383. The van der Waals surface area contributed by atoms with Crippen LogP contribution >= 0.6 is 0 Å². The SMILES string of the molecule is CCCC(N)CC(=O)N1C2CCC1CC(CC(=O)O)C2. The van der Waals surface area contributed by atoms with Crippen LogP contribution in [0.3, 0.4) is 0 Å². The Labute approximate surface area is 120 Å². The second-order valence-corrected chi connectivity index (χ2v) is 6.37. The van der Waals surface area contributed by atoms with Crippen LogP contribution in [-0.4, -0.2) is 40.0 Å². The van der Waals surface area contributed by atoms with Crippen molar-refractivity contribution in [2.75, 3.05) is 0 Å². The molecular formula is C15H26N2O3. The van der Waals surface area contributed by atoms with Crippen LogP contribution in [0.15, 0.2) is 0 Å². The fraction of sp³-hybridized carbons (Fsp3) is 0.867. The van der Waals surface area contributed by atoms with Crippen molar-refractivity contribution in [2.24, 2.45) is 11.7 Å². The van der Waals surface area contributed by atoms with Crippen molar-refractivity contribution in [1.29, 1.82) is 0 Å². The number of hydrogen-bond donors (Lipinski definition) is 2. The third kappa shape index (κ3) is 3.51. The van der Waals surface area contributed by atoms with Crippen molar-refractivity contribution in [3.05, 3.63) is 0 Å². The van der Waals surface area contributed by atoms with Crippen LogP contribution in [0.5, 0.6) is 0 Å². The molecule has 0 aromatic carbocycles. The molecule has 3 atom stereocenters. The van der Waals surface area contributed by atoms with Crippen LogP contribution in [0.25, 0.3) is 0 Å². The quantitative estimate of drug-likeness (QED) is 0.777. The highest BCUT2D eigenvalue weighted by atomic mass is 16.4. The Balaban J connectivity index is 1.91. The first-order valence-corrected chi connectivity index (χ1v) is 7.79. The lowest BCUT2D eigenvalue weighted by Crippen LogP contribution is -2.48. The van der Waals surface area contributed by atoms with Gasteiger partial charge < -0.3 is 15.7 Å². The summed E-state index contributed by atoms with van der Waals surface area (Å²) in [5.41, 5.74) is 5.97. The maximum atomic E-state index is 12.4. The molecule has 0 radical (unpaired) electrons. The average Bonchev–Trinajstić information content (AvgIpc) is 2.61. The van der Waals surface area contributed by atoms with Crippen molar-refractivity contribution < 1.29 is 14.7 Å². The number of rotatable bonds is 6. The lowest BCUT2D eigenvalue weighted by Gasteiger charge is -2.39. The zero-order valence-corrected chi connectivity index (χ0v) is 12.3. The molecule has 2 bridgehead atoms. The number of carbonyl (C=O) groups is 2. The maximum absolute atomic E-state index is 12.4. The lowest BCUT2D eigenvalue weighted by atomic mass is 9.88. The number of amides is 1. The minimum Gasteiger partial charge on any atom is -0.481 e. The molecule has 2 saturated heterocycles. The Morgan fingerprint density at radius 1 is 1.30 bits per heavy atom. The summed E-state index contributed by atoms with van der Waals surface area (Å²) in [5.74, 6) is -0.315. The van der Waals surface area contributed by atoms with Crippen molar-refractivity contribution >= 4 is 11.9 Å². The largest absolute Gasteiger partial charge is 0.481 e. The Morgan fingerprint density at radius 2 is 1.90 bits per heavy atom. The van der Waals surface area contributed by atoms with Crippen LogP contribution in [-0.2, 0) is 9.59 Å². The van der Waals surface area contributed by atoms with Gasteiger partial charge in [0.1, 0.15) is 0 Å². The van der Waals surface area contributed by atoms with Gasteiger partial charge in [-0.05, 0) is 38.0 Å². The monoisotopic (exact) mass is 282 g/mol. The summed E-state index contributed by atoms with van der Waals surface area (Å²) in [6.45, 7) is 2.07. The Morgan fingerprint density at radius 3 is 2.40 bits per heavy atom. The number of fused-ring (bicyclic) bond motifs is 2. The van der Waals surface area contributed by atoms with E-state index in [1.54, 1.807) is 0 Å². The topological polar surface area (TPSA) is 83.6 Å². The third-order valence-electron chi connectivity index (χ3n) is 4.68.